The Balaban J connectivity index is 0.941. The predicted octanol–water partition coefficient (Wildman–Crippen LogP) is 16.3. The van der Waals surface area contributed by atoms with Crippen molar-refractivity contribution < 1.29 is 0 Å². The highest BCUT2D eigenvalue weighted by Gasteiger charge is 2.24. The zero-order valence-corrected chi connectivity index (χ0v) is 37.1. The lowest BCUT2D eigenvalue weighted by Gasteiger charge is -2.26. The Hall–Kier alpha value is -9.26. The molecule has 0 saturated heterocycles. The summed E-state index contributed by atoms with van der Waals surface area (Å²) in [6.45, 7) is 0. The van der Waals surface area contributed by atoms with Crippen LogP contribution in [0, 0.1) is 0 Å². The molecular formula is C62H44N6. The first-order chi connectivity index (χ1) is 33.7. The summed E-state index contributed by atoms with van der Waals surface area (Å²) in [6.07, 6.45) is 0. The molecule has 0 N–H and O–H groups in total. The molecule has 6 heteroatoms. The molecule has 0 saturated carbocycles. The molecule has 322 valence electrons. The van der Waals surface area contributed by atoms with Gasteiger partial charge in [0.05, 0.1) is 22.1 Å². The van der Waals surface area contributed by atoms with E-state index in [1.54, 1.807) is 0 Å². The van der Waals surface area contributed by atoms with Gasteiger partial charge in [-0.1, -0.05) is 170 Å². The van der Waals surface area contributed by atoms with E-state index >= 15 is 0 Å². The Morgan fingerprint density at radius 1 is 0.235 bits per heavy atom. The summed E-state index contributed by atoms with van der Waals surface area (Å²) in [7, 11) is 0. The fourth-order valence-electron chi connectivity index (χ4n) is 9.22. The van der Waals surface area contributed by atoms with Crippen molar-refractivity contribution in [1.82, 2.24) is 19.1 Å². The lowest BCUT2D eigenvalue weighted by molar-refractivity contribution is 1.03. The van der Waals surface area contributed by atoms with Crippen molar-refractivity contribution in [3.63, 3.8) is 0 Å². The molecule has 0 unspecified atom stereocenters. The summed E-state index contributed by atoms with van der Waals surface area (Å²) in [5.41, 5.74) is 16.9. The second-order valence-corrected chi connectivity index (χ2v) is 16.7. The predicted molar refractivity (Wildman–Crippen MR) is 281 cm³/mol. The summed E-state index contributed by atoms with van der Waals surface area (Å²) in [5, 5.41) is 0. The summed E-state index contributed by atoms with van der Waals surface area (Å²) in [4.78, 5) is 15.1. The van der Waals surface area contributed by atoms with Crippen LogP contribution in [0.5, 0.6) is 0 Å². The van der Waals surface area contributed by atoms with Crippen LogP contribution in [0.4, 0.5) is 34.6 Å². The molecule has 12 aromatic rings. The highest BCUT2D eigenvalue weighted by molar-refractivity contribution is 5.88. The quantitative estimate of drug-likeness (QED) is 0.130. The first-order valence-corrected chi connectivity index (χ1v) is 22.9. The number of nitrogens with zero attached hydrogens (tertiary/aromatic N) is 6. The van der Waals surface area contributed by atoms with Crippen molar-refractivity contribution in [2.75, 3.05) is 9.80 Å². The Bertz CT molecular complexity index is 3380. The number of aromatic nitrogens is 4. The van der Waals surface area contributed by atoms with Gasteiger partial charge in [0, 0.05) is 34.1 Å². The van der Waals surface area contributed by atoms with E-state index in [0.717, 1.165) is 90.3 Å². The third-order valence-electron chi connectivity index (χ3n) is 12.6. The standard InChI is InChI=1S/C62H44N6/c1-5-17-45(18-6-1)47-29-37-53(38-30-47)65(61-63-57-25-13-15-27-59(57)67(61)51-21-9-3-10-22-51)55-41-33-49(34-42-55)50-35-43-56(44-36-50)66(54-39-31-48(32-40-54)46-19-7-2-8-20-46)62-64-58-26-14-16-28-60(58)68(62)52-23-11-4-12-24-52/h1-44H. The monoisotopic (exact) mass is 872 g/mol. The third-order valence-corrected chi connectivity index (χ3v) is 12.6. The molecule has 12 rings (SSSR count). The topological polar surface area (TPSA) is 42.1 Å². The van der Waals surface area contributed by atoms with Crippen molar-refractivity contribution in [2.45, 2.75) is 0 Å². The lowest BCUT2D eigenvalue weighted by Crippen LogP contribution is -2.15. The molecule has 0 amide bonds. The van der Waals surface area contributed by atoms with Crippen LogP contribution in [0.25, 0.3) is 66.8 Å². The van der Waals surface area contributed by atoms with Gasteiger partial charge >= 0.3 is 0 Å². The normalized spacial score (nSPS) is 11.2. The van der Waals surface area contributed by atoms with Crippen molar-refractivity contribution in [1.29, 1.82) is 0 Å². The largest absolute Gasteiger partial charge is 0.280 e. The van der Waals surface area contributed by atoms with E-state index in [2.05, 4.69) is 274 Å². The molecule has 0 bridgehead atoms. The highest BCUT2D eigenvalue weighted by Crippen LogP contribution is 2.42. The van der Waals surface area contributed by atoms with Crippen LogP contribution < -0.4 is 9.80 Å². The number of fused-ring (bicyclic) bond motifs is 2. The molecule has 0 spiro atoms. The van der Waals surface area contributed by atoms with Gasteiger partial charge in [-0.3, -0.25) is 18.9 Å². The number of rotatable bonds is 11. The average molecular weight is 873 g/mol. The maximum atomic E-state index is 5.32. The van der Waals surface area contributed by atoms with Gasteiger partial charge < -0.3 is 0 Å². The fourth-order valence-corrected chi connectivity index (χ4v) is 9.22. The second kappa shape index (κ2) is 17.6. The van der Waals surface area contributed by atoms with E-state index in [1.807, 2.05) is 12.1 Å². The van der Waals surface area contributed by atoms with Gasteiger partial charge in [-0.15, -0.1) is 0 Å². The number of para-hydroxylation sites is 6. The number of anilines is 6. The van der Waals surface area contributed by atoms with Crippen molar-refractivity contribution >= 4 is 56.7 Å². The lowest BCUT2D eigenvalue weighted by atomic mass is 10.0. The minimum atomic E-state index is 0.806. The van der Waals surface area contributed by atoms with E-state index in [4.69, 9.17) is 9.97 Å². The molecular weight excluding hydrogens is 829 g/mol. The molecule has 0 fully saturated rings. The van der Waals surface area contributed by atoms with Crippen molar-refractivity contribution in [2.24, 2.45) is 0 Å². The first-order valence-electron chi connectivity index (χ1n) is 22.9. The van der Waals surface area contributed by atoms with E-state index in [-0.39, 0.29) is 0 Å². The number of hydrogen-bond acceptors (Lipinski definition) is 4. The minimum absolute atomic E-state index is 0.806. The van der Waals surface area contributed by atoms with Crippen LogP contribution in [-0.4, -0.2) is 19.1 Å². The SMILES string of the molecule is c1ccc(-c2ccc(N(c3ccc(-c4ccc(N(c5ccc(-c6ccccc6)cc5)c5nc6ccccc6n5-c5ccccc5)cc4)cc3)c3nc4ccccc4n3-c3ccccc3)cc2)cc1. The van der Waals surface area contributed by atoms with Gasteiger partial charge in [0.15, 0.2) is 0 Å². The number of imidazole rings is 2. The molecule has 6 nitrogen and oxygen atoms in total. The molecule has 2 heterocycles. The maximum Gasteiger partial charge on any atom is 0.220 e. The highest BCUT2D eigenvalue weighted by atomic mass is 15.3. The van der Waals surface area contributed by atoms with Crippen molar-refractivity contribution in [3.8, 4) is 44.8 Å². The van der Waals surface area contributed by atoms with E-state index in [1.165, 1.54) is 11.1 Å². The van der Waals surface area contributed by atoms with E-state index in [0.29, 0.717) is 0 Å². The zero-order chi connectivity index (χ0) is 45.2. The van der Waals surface area contributed by atoms with Gasteiger partial charge in [0.2, 0.25) is 11.9 Å². The minimum Gasteiger partial charge on any atom is -0.280 e. The van der Waals surface area contributed by atoms with Gasteiger partial charge in [-0.05, 0) is 130 Å². The van der Waals surface area contributed by atoms with Gasteiger partial charge in [0.1, 0.15) is 0 Å². The van der Waals surface area contributed by atoms with Crippen LogP contribution in [0.2, 0.25) is 0 Å². The zero-order valence-electron chi connectivity index (χ0n) is 37.1. The van der Waals surface area contributed by atoms with Crippen LogP contribution in [0.15, 0.2) is 267 Å². The molecule has 0 aliphatic rings. The Kier molecular flexibility index (Phi) is 10.4. The number of benzene rings is 10. The average Bonchev–Trinajstić information content (AvgIpc) is 4.00. The Morgan fingerprint density at radius 2 is 0.485 bits per heavy atom. The second-order valence-electron chi connectivity index (χ2n) is 16.7. The van der Waals surface area contributed by atoms with E-state index in [9.17, 15) is 0 Å². The molecule has 10 aromatic carbocycles. The molecule has 0 radical (unpaired) electrons. The van der Waals surface area contributed by atoms with Crippen LogP contribution in [0.1, 0.15) is 0 Å². The van der Waals surface area contributed by atoms with Crippen LogP contribution in [-0.2, 0) is 0 Å². The Morgan fingerprint density at radius 3 is 0.794 bits per heavy atom. The van der Waals surface area contributed by atoms with Gasteiger partial charge in [-0.2, -0.15) is 0 Å². The van der Waals surface area contributed by atoms with E-state index < -0.39 is 0 Å². The maximum absolute atomic E-state index is 5.32. The number of hydrogen-bond donors (Lipinski definition) is 0. The first kappa shape index (κ1) is 40.3. The van der Waals surface area contributed by atoms with Gasteiger partial charge in [0.25, 0.3) is 0 Å². The van der Waals surface area contributed by atoms with Gasteiger partial charge in [-0.25, -0.2) is 9.97 Å². The summed E-state index contributed by atoms with van der Waals surface area (Å²) >= 11 is 0. The summed E-state index contributed by atoms with van der Waals surface area (Å²) < 4.78 is 4.50. The van der Waals surface area contributed by atoms with Crippen LogP contribution in [0.3, 0.4) is 0 Å². The van der Waals surface area contributed by atoms with Crippen LogP contribution >= 0.6 is 0 Å². The molecule has 68 heavy (non-hydrogen) atoms. The van der Waals surface area contributed by atoms with Crippen molar-refractivity contribution in [3.05, 3.63) is 267 Å². The summed E-state index contributed by atoms with van der Waals surface area (Å²) in [5.74, 6) is 1.61. The smallest absolute Gasteiger partial charge is 0.220 e. The Labute approximate surface area is 395 Å². The fraction of sp³-hybridized carbons (Fsp3) is 0. The third kappa shape index (κ3) is 7.56. The molecule has 0 atom stereocenters. The molecule has 0 aliphatic carbocycles. The molecule has 0 aliphatic heterocycles. The summed E-state index contributed by atoms with van der Waals surface area (Å²) in [6, 6.07) is 93.8. The molecule has 2 aromatic heterocycles.